The van der Waals surface area contributed by atoms with Gasteiger partial charge in [-0.3, -0.25) is 0 Å². The van der Waals surface area contributed by atoms with E-state index in [2.05, 4.69) is 9.47 Å². The molecule has 0 fully saturated rings. The second-order valence-corrected chi connectivity index (χ2v) is 4.85. The Balaban J connectivity index is 4.12. The Morgan fingerprint density at radius 3 is 1.45 bits per heavy atom. The molecule has 0 heterocycles. The topological polar surface area (TPSA) is 116 Å². The first-order valence-corrected chi connectivity index (χ1v) is 7.04. The Labute approximate surface area is 119 Å². The lowest BCUT2D eigenvalue weighted by molar-refractivity contribution is -0.353. The third-order valence-corrected chi connectivity index (χ3v) is 2.71. The summed E-state index contributed by atoms with van der Waals surface area (Å²) >= 11 is 0. The van der Waals surface area contributed by atoms with Crippen LogP contribution in [0.1, 0.15) is 65.2 Å². The van der Waals surface area contributed by atoms with Crippen molar-refractivity contribution >= 4 is 6.16 Å². The van der Waals surface area contributed by atoms with Crippen LogP contribution in [0, 0.1) is 0 Å². The summed E-state index contributed by atoms with van der Waals surface area (Å²) < 4.78 is 8.51. The van der Waals surface area contributed by atoms with E-state index >= 15 is 0 Å². The first-order valence-electron chi connectivity index (χ1n) is 7.04. The molecule has 120 valence electrons. The van der Waals surface area contributed by atoms with Gasteiger partial charge in [0.05, 0.1) is 0 Å². The molecule has 0 spiro atoms. The minimum Gasteiger partial charge on any atom is -0.376 e. The maximum absolute atomic E-state index is 11.3. The molecular formula is C13H26O7. The number of rotatable bonds is 10. The monoisotopic (exact) mass is 294 g/mol. The van der Waals surface area contributed by atoms with Gasteiger partial charge in [0, 0.05) is 12.8 Å². The molecule has 0 unspecified atom stereocenters. The summed E-state index contributed by atoms with van der Waals surface area (Å²) in [4.78, 5) is 11.3. The molecule has 20 heavy (non-hydrogen) atoms. The fourth-order valence-electron chi connectivity index (χ4n) is 1.60. The molecule has 0 atom stereocenters. The van der Waals surface area contributed by atoms with Gasteiger partial charge in [-0.15, -0.1) is 0 Å². The number of hydrogen-bond donors (Lipinski definition) is 4. The van der Waals surface area contributed by atoms with E-state index in [4.69, 9.17) is 0 Å². The Morgan fingerprint density at radius 1 is 0.800 bits per heavy atom. The van der Waals surface area contributed by atoms with Crippen LogP contribution in [0.15, 0.2) is 0 Å². The standard InChI is InChI=1S/C13H26O7/c1-3-5-7-9-12(15,16)19-11(14)20-13(17,18)10-8-6-4-2/h15-18H,3-10H2,1-2H3. The maximum Gasteiger partial charge on any atom is 0.516 e. The van der Waals surface area contributed by atoms with Gasteiger partial charge in [0.1, 0.15) is 0 Å². The number of hydrogen-bond acceptors (Lipinski definition) is 7. The van der Waals surface area contributed by atoms with Crippen molar-refractivity contribution in [3.05, 3.63) is 0 Å². The highest BCUT2D eigenvalue weighted by Gasteiger charge is 2.34. The molecule has 0 bridgehead atoms. The van der Waals surface area contributed by atoms with Gasteiger partial charge in [0.2, 0.25) is 0 Å². The molecule has 0 saturated carbocycles. The molecule has 0 amide bonds. The van der Waals surface area contributed by atoms with Crippen LogP contribution in [0.4, 0.5) is 4.79 Å². The van der Waals surface area contributed by atoms with Crippen molar-refractivity contribution in [3.8, 4) is 0 Å². The van der Waals surface area contributed by atoms with Crippen molar-refractivity contribution in [2.75, 3.05) is 0 Å². The molecule has 0 radical (unpaired) electrons. The van der Waals surface area contributed by atoms with Crippen LogP contribution in [-0.2, 0) is 9.47 Å². The van der Waals surface area contributed by atoms with E-state index in [0.717, 1.165) is 25.7 Å². The molecule has 0 aliphatic heterocycles. The van der Waals surface area contributed by atoms with E-state index in [0.29, 0.717) is 12.8 Å². The van der Waals surface area contributed by atoms with Crippen LogP contribution < -0.4 is 0 Å². The number of carbonyl (C=O) groups is 1. The summed E-state index contributed by atoms with van der Waals surface area (Å²) in [5.41, 5.74) is 0. The second kappa shape index (κ2) is 9.12. The molecule has 4 N–H and O–H groups in total. The van der Waals surface area contributed by atoms with Gasteiger partial charge >= 0.3 is 18.1 Å². The first-order chi connectivity index (χ1) is 9.22. The molecule has 0 aliphatic rings. The highest BCUT2D eigenvalue weighted by Crippen LogP contribution is 2.18. The number of unbranched alkanes of at least 4 members (excludes halogenated alkanes) is 4. The Kier molecular flexibility index (Phi) is 8.71. The minimum atomic E-state index is -2.66. The third kappa shape index (κ3) is 9.96. The van der Waals surface area contributed by atoms with Crippen LogP contribution >= 0.6 is 0 Å². The highest BCUT2D eigenvalue weighted by atomic mass is 16.9. The third-order valence-electron chi connectivity index (χ3n) is 2.71. The average Bonchev–Trinajstić information content (AvgIpc) is 2.27. The van der Waals surface area contributed by atoms with Crippen LogP contribution in [-0.4, -0.2) is 38.5 Å². The Bertz CT molecular complexity index is 250. The highest BCUT2D eigenvalue weighted by molar-refractivity contribution is 5.60. The zero-order valence-corrected chi connectivity index (χ0v) is 12.2. The summed E-state index contributed by atoms with van der Waals surface area (Å²) in [6.07, 6.45) is 2.28. The Morgan fingerprint density at radius 2 is 1.15 bits per heavy atom. The van der Waals surface area contributed by atoms with E-state index in [1.807, 2.05) is 13.8 Å². The molecule has 7 heteroatoms. The van der Waals surface area contributed by atoms with Gasteiger partial charge in [0.25, 0.3) is 0 Å². The number of aliphatic hydroxyl groups is 4. The number of carbonyl (C=O) groups excluding carboxylic acids is 1. The maximum atomic E-state index is 11.3. The van der Waals surface area contributed by atoms with Gasteiger partial charge in [-0.2, -0.15) is 0 Å². The predicted molar refractivity (Wildman–Crippen MR) is 70.2 cm³/mol. The van der Waals surface area contributed by atoms with Crippen molar-refractivity contribution in [2.45, 2.75) is 77.2 Å². The summed E-state index contributed by atoms with van der Waals surface area (Å²) in [6, 6.07) is 0. The van der Waals surface area contributed by atoms with Gasteiger partial charge in [0.15, 0.2) is 0 Å². The zero-order chi connectivity index (χ0) is 15.6. The normalized spacial score (nSPS) is 12.3. The van der Waals surface area contributed by atoms with E-state index in [-0.39, 0.29) is 12.8 Å². The van der Waals surface area contributed by atoms with E-state index in [1.165, 1.54) is 0 Å². The van der Waals surface area contributed by atoms with E-state index in [9.17, 15) is 25.2 Å². The van der Waals surface area contributed by atoms with Crippen molar-refractivity contribution in [1.29, 1.82) is 0 Å². The molecule has 7 nitrogen and oxygen atoms in total. The molecular weight excluding hydrogens is 268 g/mol. The summed E-state index contributed by atoms with van der Waals surface area (Å²) in [6.45, 7) is 3.88. The lowest BCUT2D eigenvalue weighted by Gasteiger charge is -2.25. The lowest BCUT2D eigenvalue weighted by atomic mass is 10.2. The van der Waals surface area contributed by atoms with Gasteiger partial charge < -0.3 is 29.9 Å². The molecule has 0 aromatic heterocycles. The minimum absolute atomic E-state index is 0.171. The smallest absolute Gasteiger partial charge is 0.376 e. The lowest BCUT2D eigenvalue weighted by Crippen LogP contribution is -2.40. The van der Waals surface area contributed by atoms with Crippen LogP contribution in [0.2, 0.25) is 0 Å². The van der Waals surface area contributed by atoms with Crippen molar-refractivity contribution in [3.63, 3.8) is 0 Å². The van der Waals surface area contributed by atoms with Crippen molar-refractivity contribution in [2.24, 2.45) is 0 Å². The van der Waals surface area contributed by atoms with Crippen molar-refractivity contribution < 1.29 is 34.7 Å². The van der Waals surface area contributed by atoms with Gasteiger partial charge in [-0.25, -0.2) is 4.79 Å². The molecule has 0 aromatic carbocycles. The fourth-order valence-corrected chi connectivity index (χ4v) is 1.60. The van der Waals surface area contributed by atoms with Crippen LogP contribution in [0.5, 0.6) is 0 Å². The summed E-state index contributed by atoms with van der Waals surface area (Å²) in [5.74, 6) is -5.32. The zero-order valence-electron chi connectivity index (χ0n) is 12.2. The largest absolute Gasteiger partial charge is 0.516 e. The van der Waals surface area contributed by atoms with Crippen LogP contribution in [0.3, 0.4) is 0 Å². The van der Waals surface area contributed by atoms with Gasteiger partial charge in [-0.1, -0.05) is 39.5 Å². The van der Waals surface area contributed by atoms with E-state index < -0.39 is 18.1 Å². The van der Waals surface area contributed by atoms with Crippen molar-refractivity contribution in [1.82, 2.24) is 0 Å². The summed E-state index contributed by atoms with van der Waals surface area (Å²) in [5, 5.41) is 37.6. The second-order valence-electron chi connectivity index (χ2n) is 4.85. The Hall–Kier alpha value is -0.890. The fraction of sp³-hybridized carbons (Fsp3) is 0.923. The molecule has 0 aromatic rings. The first kappa shape index (κ1) is 19.1. The predicted octanol–water partition coefficient (Wildman–Crippen LogP) is 1.58. The summed E-state index contributed by atoms with van der Waals surface area (Å²) in [7, 11) is 0. The molecule has 0 rings (SSSR count). The number of ether oxygens (including phenoxy) is 2. The van der Waals surface area contributed by atoms with Gasteiger partial charge in [-0.05, 0) is 12.8 Å². The quantitative estimate of drug-likeness (QED) is 0.274. The SMILES string of the molecule is CCCCCC(O)(O)OC(=O)OC(O)(O)CCCCC. The molecule has 0 aliphatic carbocycles. The molecule has 0 saturated heterocycles. The average molecular weight is 294 g/mol. The van der Waals surface area contributed by atoms with E-state index in [1.54, 1.807) is 0 Å². The van der Waals surface area contributed by atoms with Crippen LogP contribution in [0.25, 0.3) is 0 Å².